The third-order valence-electron chi connectivity index (χ3n) is 10.1. The van der Waals surface area contributed by atoms with Crippen LogP contribution < -0.4 is 0 Å². The molecule has 0 radical (unpaired) electrons. The minimum absolute atomic E-state index is 0.00579. The highest BCUT2D eigenvalue weighted by Gasteiger charge is 2.62. The second kappa shape index (κ2) is 15.9. The minimum Gasteiger partial charge on any atom is -0.433 e. The van der Waals surface area contributed by atoms with Crippen LogP contribution in [0.15, 0.2) is 0 Å². The molecule has 0 aromatic carbocycles. The lowest BCUT2D eigenvalue weighted by atomic mass is 9.92. The molecule has 10 atom stereocenters. The van der Waals surface area contributed by atoms with Gasteiger partial charge in [0.1, 0.15) is 80.0 Å². The summed E-state index contributed by atoms with van der Waals surface area (Å²) in [4.78, 5) is 44.9. The van der Waals surface area contributed by atoms with Gasteiger partial charge in [0.2, 0.25) is 11.5 Å². The first kappa shape index (κ1) is 44.1. The number of hydrogen-bond donors (Lipinski definition) is 1. The first-order valence-electron chi connectivity index (χ1n) is 18.6. The van der Waals surface area contributed by atoms with Gasteiger partial charge in [0, 0.05) is 0 Å². The summed E-state index contributed by atoms with van der Waals surface area (Å²) in [5, 5.41) is 9.32. The molecule has 0 aromatic heterocycles. The summed E-state index contributed by atoms with van der Waals surface area (Å²) in [7, 11) is 0. The average Bonchev–Trinajstić information content (AvgIpc) is 3.94. The smallest absolute Gasteiger partial charge is 0.433 e. The topological polar surface area (TPSA) is 227 Å². The lowest BCUT2D eigenvalue weighted by Gasteiger charge is -2.32. The highest BCUT2D eigenvalue weighted by atomic mass is 35.5. The molecule has 8 rings (SSSR count). The van der Waals surface area contributed by atoms with Gasteiger partial charge in [-0.3, -0.25) is 9.59 Å². The fraction of sp³-hybridized carbons (Fsp3) is 0.889. The van der Waals surface area contributed by atoms with Crippen molar-refractivity contribution in [3.63, 3.8) is 0 Å². The Hall–Kier alpha value is -2.47. The van der Waals surface area contributed by atoms with Crippen molar-refractivity contribution in [2.24, 2.45) is 10.8 Å². The number of aliphatic hydroxyl groups excluding tert-OH is 1. The van der Waals surface area contributed by atoms with Gasteiger partial charge in [0.15, 0.2) is 35.5 Å². The lowest BCUT2D eigenvalue weighted by Crippen LogP contribution is -2.46. The Morgan fingerprint density at radius 3 is 1.40 bits per heavy atom. The number of aliphatic hydroxyl groups is 1. The van der Waals surface area contributed by atoms with Crippen LogP contribution in [0.25, 0.3) is 0 Å². The number of fused-ring (bicyclic) bond motifs is 2. The molecule has 57 heavy (non-hydrogen) atoms. The third kappa shape index (κ3) is 9.95. The van der Waals surface area contributed by atoms with E-state index in [2.05, 4.69) is 9.47 Å². The molecular weight excluding hydrogens is 788 g/mol. The van der Waals surface area contributed by atoms with E-state index in [1.807, 2.05) is 41.5 Å². The molecule has 8 aliphatic heterocycles. The molecule has 1 N–H and O–H groups in total. The number of cyclic esters (lactones) is 4. The van der Waals surface area contributed by atoms with Crippen molar-refractivity contribution in [1.82, 2.24) is 0 Å². The van der Waals surface area contributed by atoms with E-state index in [1.54, 1.807) is 27.7 Å². The molecule has 6 unspecified atom stereocenters. The zero-order valence-corrected chi connectivity index (χ0v) is 34.4. The van der Waals surface area contributed by atoms with Gasteiger partial charge in [0.25, 0.3) is 0 Å². The van der Waals surface area contributed by atoms with Crippen LogP contribution >= 0.6 is 11.6 Å². The van der Waals surface area contributed by atoms with E-state index in [0.29, 0.717) is 13.2 Å². The standard InChI is InChI=1S/C18H26O10.C12H20O6.C6H7ClO4/c1-16(2)23-6-9(26-16)10-11-12(28-17(3,4)27-11)13(24-10)25-14(19)18(5)7-21-15(20)22-8-18;1-11(2)14-5-6(16-11)7-8-9(10(13)15-7)18-12(3,4)17-8;1-6(4(7)8)2-10-5(9)11-3-6/h9-13H,6-8H2,1-5H3;6-10,13H,5H2,1-4H3;2-3H2,1H3/t9?,10-,11+,12?,13?;6?,7-,8+,9?,10?;/m11./s1. The van der Waals surface area contributed by atoms with Crippen LogP contribution in [0, 0.1) is 10.8 Å². The molecular formula is C36H53ClO20. The van der Waals surface area contributed by atoms with Crippen LogP contribution in [0.2, 0.25) is 0 Å². The summed E-state index contributed by atoms with van der Waals surface area (Å²) in [5.74, 6) is -3.52. The molecule has 0 aliphatic carbocycles. The van der Waals surface area contributed by atoms with Crippen molar-refractivity contribution in [2.45, 2.75) is 154 Å². The maximum Gasteiger partial charge on any atom is 0.508 e. The Morgan fingerprint density at radius 1 is 0.561 bits per heavy atom. The molecule has 0 saturated carbocycles. The van der Waals surface area contributed by atoms with Crippen LogP contribution in [0.3, 0.4) is 0 Å². The van der Waals surface area contributed by atoms with Gasteiger partial charge in [-0.1, -0.05) is 0 Å². The molecule has 8 heterocycles. The molecule has 0 spiro atoms. The van der Waals surface area contributed by atoms with E-state index in [1.165, 1.54) is 0 Å². The molecule has 20 nitrogen and oxygen atoms in total. The molecule has 21 heteroatoms. The van der Waals surface area contributed by atoms with Crippen molar-refractivity contribution >= 4 is 35.1 Å². The summed E-state index contributed by atoms with van der Waals surface area (Å²) in [5.41, 5.74) is -2.01. The normalized spacial score (nSPS) is 39.7. The Bertz CT molecular complexity index is 1510. The maximum absolute atomic E-state index is 12.7. The van der Waals surface area contributed by atoms with E-state index in [4.69, 9.17) is 73.2 Å². The van der Waals surface area contributed by atoms with Gasteiger partial charge in [-0.05, 0) is 80.8 Å². The van der Waals surface area contributed by atoms with Crippen molar-refractivity contribution in [1.29, 1.82) is 0 Å². The first-order valence-corrected chi connectivity index (χ1v) is 19.0. The fourth-order valence-corrected chi connectivity index (χ4v) is 7.27. The zero-order chi connectivity index (χ0) is 41.9. The van der Waals surface area contributed by atoms with Gasteiger partial charge in [-0.25, -0.2) is 9.59 Å². The third-order valence-corrected chi connectivity index (χ3v) is 10.6. The van der Waals surface area contributed by atoms with Gasteiger partial charge < -0.3 is 76.2 Å². The Balaban J connectivity index is 0.000000161. The second-order valence-electron chi connectivity index (χ2n) is 17.3. The number of hydrogen-bond acceptors (Lipinski definition) is 20. The van der Waals surface area contributed by atoms with Crippen molar-refractivity contribution in [3.8, 4) is 0 Å². The van der Waals surface area contributed by atoms with Crippen LogP contribution in [-0.4, -0.2) is 153 Å². The van der Waals surface area contributed by atoms with E-state index < -0.39 is 101 Å². The number of carbonyl (C=O) groups is 4. The van der Waals surface area contributed by atoms with E-state index in [0.717, 1.165) is 0 Å². The number of halogens is 1. The monoisotopic (exact) mass is 840 g/mol. The number of carbonyl (C=O) groups excluding carboxylic acids is 4. The van der Waals surface area contributed by atoms with E-state index in [9.17, 15) is 24.3 Å². The van der Waals surface area contributed by atoms with Crippen molar-refractivity contribution < 1.29 is 95.3 Å². The predicted molar refractivity (Wildman–Crippen MR) is 185 cm³/mol. The minimum atomic E-state index is -1.13. The highest BCUT2D eigenvalue weighted by Crippen LogP contribution is 2.44. The Morgan fingerprint density at radius 2 is 0.965 bits per heavy atom. The zero-order valence-electron chi connectivity index (χ0n) is 33.6. The first-order chi connectivity index (χ1) is 26.3. The molecule has 0 bridgehead atoms. The van der Waals surface area contributed by atoms with Crippen LogP contribution in [0.4, 0.5) is 9.59 Å². The average molecular weight is 841 g/mol. The predicted octanol–water partition coefficient (Wildman–Crippen LogP) is 2.40. The second-order valence-corrected chi connectivity index (χ2v) is 17.6. The van der Waals surface area contributed by atoms with Crippen molar-refractivity contribution in [2.75, 3.05) is 39.6 Å². The number of esters is 1. The molecule has 324 valence electrons. The van der Waals surface area contributed by atoms with Gasteiger partial charge >= 0.3 is 18.3 Å². The molecule has 8 saturated heterocycles. The summed E-state index contributed by atoms with van der Waals surface area (Å²) in [6, 6.07) is 0. The van der Waals surface area contributed by atoms with Crippen molar-refractivity contribution in [3.05, 3.63) is 0 Å². The summed E-state index contributed by atoms with van der Waals surface area (Å²) in [6.07, 6.45) is -6.95. The van der Waals surface area contributed by atoms with Crippen LogP contribution in [-0.2, 0) is 80.6 Å². The van der Waals surface area contributed by atoms with Crippen LogP contribution in [0.1, 0.15) is 69.2 Å². The summed E-state index contributed by atoms with van der Waals surface area (Å²) < 4.78 is 81.9. The van der Waals surface area contributed by atoms with E-state index >= 15 is 0 Å². The van der Waals surface area contributed by atoms with E-state index in [-0.39, 0.29) is 44.7 Å². The Kier molecular flexibility index (Phi) is 12.3. The van der Waals surface area contributed by atoms with Gasteiger partial charge in [-0.2, -0.15) is 0 Å². The quantitative estimate of drug-likeness (QED) is 0.238. The molecule has 0 aromatic rings. The number of ether oxygens (including phenoxy) is 15. The molecule has 8 aliphatic rings. The SMILES string of the molecule is CC1(C(=O)Cl)COC(=O)OC1.CC1(C)OCC([C@H]2OC(O)C3OC(C)(C)O[C@H]32)O1.CC1(C)OCC([C@H]2OC(OC(=O)C3(C)COC(=O)OC3)C3OC(C)(C)O[C@H]32)O1. The van der Waals surface area contributed by atoms with Crippen LogP contribution in [0.5, 0.6) is 0 Å². The highest BCUT2D eigenvalue weighted by molar-refractivity contribution is 6.64. The summed E-state index contributed by atoms with van der Waals surface area (Å²) in [6.45, 7) is 18.2. The van der Waals surface area contributed by atoms with Gasteiger partial charge in [0.05, 0.1) is 13.2 Å². The maximum atomic E-state index is 12.7. The fourth-order valence-electron chi connectivity index (χ4n) is 7.17. The van der Waals surface area contributed by atoms with Gasteiger partial charge in [-0.15, -0.1) is 0 Å². The number of rotatable bonds is 5. The Labute approximate surface area is 334 Å². The molecule has 8 fully saturated rings. The largest absolute Gasteiger partial charge is 0.508 e. The lowest BCUT2D eigenvalue weighted by molar-refractivity contribution is -0.249. The summed E-state index contributed by atoms with van der Waals surface area (Å²) >= 11 is 5.24. The molecule has 0 amide bonds.